The van der Waals surface area contributed by atoms with Crippen LogP contribution in [0.25, 0.3) is 11.2 Å². The van der Waals surface area contributed by atoms with Gasteiger partial charge in [-0.3, -0.25) is 4.79 Å². The van der Waals surface area contributed by atoms with Gasteiger partial charge in [-0.25, -0.2) is 14.1 Å². The number of hydrogen-bond acceptors (Lipinski definition) is 8. The van der Waals surface area contributed by atoms with Gasteiger partial charge in [0, 0.05) is 24.4 Å². The number of carbonyl (C=O) groups is 1. The fraction of sp³-hybridized carbons (Fsp3) is 0.160. The minimum absolute atomic E-state index is 0.000929. The quantitative estimate of drug-likeness (QED) is 0.255. The second kappa shape index (κ2) is 10.3. The zero-order valence-electron chi connectivity index (χ0n) is 20.4. The van der Waals surface area contributed by atoms with Crippen LogP contribution in [-0.4, -0.2) is 35.2 Å². The first-order chi connectivity index (χ1) is 18.3. The highest BCUT2D eigenvalue weighted by Gasteiger charge is 2.16. The maximum absolute atomic E-state index is 13.5. The number of imidazole rings is 1. The standard InChI is InChI=1S/C25H23ClFN9O2/c1-3-36-20(9-14(2)34-36)31-21(37)12-35-13-29-22-23(32-25(28)33-24(22)35)30-16-7-8-19(18(26)11-16)38-17-6-4-5-15(27)10-17/h4-11,13H,3,12H2,1-2H3,(H,31,37)(H3,28,30,32,33). The molecule has 0 atom stereocenters. The molecule has 0 bridgehead atoms. The zero-order chi connectivity index (χ0) is 26.8. The molecule has 0 saturated heterocycles. The van der Waals surface area contributed by atoms with E-state index >= 15 is 0 Å². The Labute approximate surface area is 221 Å². The van der Waals surface area contributed by atoms with Crippen molar-refractivity contribution < 1.29 is 13.9 Å². The zero-order valence-corrected chi connectivity index (χ0v) is 21.2. The average Bonchev–Trinajstić information content (AvgIpc) is 3.43. The second-order valence-electron chi connectivity index (χ2n) is 8.34. The van der Waals surface area contributed by atoms with Gasteiger partial charge in [-0.05, 0) is 44.2 Å². The molecule has 5 aromatic rings. The lowest BCUT2D eigenvalue weighted by atomic mass is 10.3. The van der Waals surface area contributed by atoms with Gasteiger partial charge in [0.05, 0.1) is 17.0 Å². The van der Waals surface area contributed by atoms with Gasteiger partial charge in [0.2, 0.25) is 11.9 Å². The van der Waals surface area contributed by atoms with Crippen LogP contribution in [0, 0.1) is 12.7 Å². The molecule has 1 amide bonds. The predicted octanol–water partition coefficient (Wildman–Crippen LogP) is 4.90. The average molecular weight is 536 g/mol. The normalized spacial score (nSPS) is 11.1. The van der Waals surface area contributed by atoms with E-state index in [4.69, 9.17) is 22.1 Å². The Morgan fingerprint density at radius 1 is 1.18 bits per heavy atom. The number of nitrogens with two attached hydrogens (primary N) is 1. The third kappa shape index (κ3) is 5.34. The van der Waals surface area contributed by atoms with Gasteiger partial charge in [-0.15, -0.1) is 0 Å². The molecule has 11 nitrogen and oxygen atoms in total. The Kier molecular flexibility index (Phi) is 6.79. The van der Waals surface area contributed by atoms with E-state index in [1.807, 2.05) is 13.8 Å². The first-order valence-corrected chi connectivity index (χ1v) is 12.0. The van der Waals surface area contributed by atoms with Crippen molar-refractivity contribution in [3.8, 4) is 11.5 Å². The van der Waals surface area contributed by atoms with Gasteiger partial charge >= 0.3 is 0 Å². The Bertz CT molecular complexity index is 1650. The van der Waals surface area contributed by atoms with Crippen LogP contribution in [0.5, 0.6) is 11.5 Å². The van der Waals surface area contributed by atoms with E-state index in [1.54, 1.807) is 45.6 Å². The number of nitrogens with zero attached hydrogens (tertiary/aromatic N) is 6. The van der Waals surface area contributed by atoms with E-state index in [0.717, 1.165) is 5.69 Å². The Hall–Kier alpha value is -4.71. The summed E-state index contributed by atoms with van der Waals surface area (Å²) in [7, 11) is 0. The fourth-order valence-corrected chi connectivity index (χ4v) is 4.06. The molecule has 0 radical (unpaired) electrons. The number of nitrogens with one attached hydrogen (secondary N) is 2. The molecule has 3 aromatic heterocycles. The van der Waals surface area contributed by atoms with E-state index in [0.29, 0.717) is 51.6 Å². The summed E-state index contributed by atoms with van der Waals surface area (Å²) in [5.74, 6) is 0.928. The second-order valence-corrected chi connectivity index (χ2v) is 8.75. The van der Waals surface area contributed by atoms with Crippen LogP contribution >= 0.6 is 11.6 Å². The topological polar surface area (TPSA) is 138 Å². The van der Waals surface area contributed by atoms with Gasteiger partial charge in [-0.2, -0.15) is 15.1 Å². The van der Waals surface area contributed by atoms with Crippen LogP contribution in [0.4, 0.5) is 27.7 Å². The first kappa shape index (κ1) is 25.0. The largest absolute Gasteiger partial charge is 0.456 e. The van der Waals surface area contributed by atoms with Crippen LogP contribution in [0.1, 0.15) is 12.6 Å². The maximum Gasteiger partial charge on any atom is 0.245 e. The smallest absolute Gasteiger partial charge is 0.245 e. The highest BCUT2D eigenvalue weighted by Crippen LogP contribution is 2.33. The number of benzene rings is 2. The summed E-state index contributed by atoms with van der Waals surface area (Å²) in [6.07, 6.45) is 1.49. The molecule has 0 saturated carbocycles. The predicted molar refractivity (Wildman–Crippen MR) is 142 cm³/mol. The summed E-state index contributed by atoms with van der Waals surface area (Å²) in [6, 6.07) is 12.5. The highest BCUT2D eigenvalue weighted by atomic mass is 35.5. The van der Waals surface area contributed by atoms with Crippen LogP contribution in [0.15, 0.2) is 54.9 Å². The van der Waals surface area contributed by atoms with Crippen LogP contribution in [0.3, 0.4) is 0 Å². The van der Waals surface area contributed by atoms with Crippen molar-refractivity contribution in [3.05, 3.63) is 71.4 Å². The Morgan fingerprint density at radius 2 is 2.03 bits per heavy atom. The minimum atomic E-state index is -0.415. The van der Waals surface area contributed by atoms with Crippen molar-refractivity contribution in [3.63, 3.8) is 0 Å². The third-order valence-electron chi connectivity index (χ3n) is 5.48. The lowest BCUT2D eigenvalue weighted by Crippen LogP contribution is -2.20. The number of halogens is 2. The molecule has 3 heterocycles. The molecule has 0 aliphatic heterocycles. The van der Waals surface area contributed by atoms with Crippen LogP contribution < -0.4 is 21.1 Å². The number of rotatable bonds is 8. The van der Waals surface area contributed by atoms with Gasteiger partial charge in [0.25, 0.3) is 0 Å². The third-order valence-corrected chi connectivity index (χ3v) is 5.78. The van der Waals surface area contributed by atoms with E-state index in [9.17, 15) is 9.18 Å². The fourth-order valence-electron chi connectivity index (χ4n) is 3.84. The molecule has 0 aliphatic carbocycles. The monoisotopic (exact) mass is 535 g/mol. The summed E-state index contributed by atoms with van der Waals surface area (Å²) < 4.78 is 22.4. The van der Waals surface area contributed by atoms with Crippen LogP contribution in [-0.2, 0) is 17.9 Å². The van der Waals surface area contributed by atoms with Crippen molar-refractivity contribution in [2.24, 2.45) is 0 Å². The molecular formula is C25H23ClFN9O2. The van der Waals surface area contributed by atoms with Gasteiger partial charge in [-0.1, -0.05) is 17.7 Å². The SMILES string of the molecule is CCn1nc(C)cc1NC(=O)Cn1cnc2c(Nc3ccc(Oc4cccc(F)c4)c(Cl)c3)nc(N)nc21. The molecule has 2 aromatic carbocycles. The summed E-state index contributed by atoms with van der Waals surface area (Å²) in [4.78, 5) is 25.7. The van der Waals surface area contributed by atoms with Gasteiger partial charge in [0.1, 0.15) is 29.7 Å². The molecule has 0 unspecified atom stereocenters. The van der Waals surface area contributed by atoms with Crippen molar-refractivity contribution in [1.82, 2.24) is 29.3 Å². The van der Waals surface area contributed by atoms with Crippen molar-refractivity contribution in [2.45, 2.75) is 26.9 Å². The van der Waals surface area contributed by atoms with E-state index < -0.39 is 5.82 Å². The number of carbonyl (C=O) groups excluding carboxylic acids is 1. The number of nitrogen functional groups attached to an aromatic ring is 1. The number of aryl methyl sites for hydroxylation is 2. The molecule has 0 aliphatic rings. The number of anilines is 4. The highest BCUT2D eigenvalue weighted by molar-refractivity contribution is 6.32. The first-order valence-electron chi connectivity index (χ1n) is 11.6. The van der Waals surface area contributed by atoms with E-state index in [1.165, 1.54) is 18.5 Å². The molecular weight excluding hydrogens is 513 g/mol. The number of amides is 1. The Morgan fingerprint density at radius 3 is 2.79 bits per heavy atom. The van der Waals surface area contributed by atoms with E-state index in [2.05, 4.69) is 30.7 Å². The van der Waals surface area contributed by atoms with Crippen LogP contribution in [0.2, 0.25) is 5.02 Å². The summed E-state index contributed by atoms with van der Waals surface area (Å²) in [6.45, 7) is 4.38. The number of aromatic nitrogens is 6. The molecule has 38 heavy (non-hydrogen) atoms. The molecule has 0 fully saturated rings. The minimum Gasteiger partial charge on any atom is -0.456 e. The number of hydrogen-bond donors (Lipinski definition) is 3. The van der Waals surface area contributed by atoms with Gasteiger partial charge < -0.3 is 25.7 Å². The lowest BCUT2D eigenvalue weighted by Gasteiger charge is -2.11. The summed E-state index contributed by atoms with van der Waals surface area (Å²) in [5.41, 5.74) is 8.14. The molecule has 5 rings (SSSR count). The molecule has 4 N–H and O–H groups in total. The van der Waals surface area contributed by atoms with E-state index in [-0.39, 0.29) is 18.4 Å². The van der Waals surface area contributed by atoms with Crippen molar-refractivity contribution >= 4 is 51.9 Å². The van der Waals surface area contributed by atoms with Gasteiger partial charge in [0.15, 0.2) is 17.0 Å². The molecule has 194 valence electrons. The molecule has 0 spiro atoms. The summed E-state index contributed by atoms with van der Waals surface area (Å²) in [5, 5.41) is 10.6. The summed E-state index contributed by atoms with van der Waals surface area (Å²) >= 11 is 6.40. The lowest BCUT2D eigenvalue weighted by molar-refractivity contribution is -0.116. The van der Waals surface area contributed by atoms with Crippen molar-refractivity contribution in [1.29, 1.82) is 0 Å². The maximum atomic E-state index is 13.5. The number of ether oxygens (including phenoxy) is 1. The Balaban J connectivity index is 1.35. The number of fused-ring (bicyclic) bond motifs is 1. The molecule has 13 heteroatoms. The van der Waals surface area contributed by atoms with Crippen molar-refractivity contribution in [2.75, 3.05) is 16.4 Å².